The molecular formula is C20H22BrN3O3. The van der Waals surface area contributed by atoms with Crippen molar-refractivity contribution in [2.45, 2.75) is 12.6 Å². The maximum Gasteiger partial charge on any atom is 0.321 e. The third kappa shape index (κ3) is 6.16. The molecule has 1 heterocycles. The van der Waals surface area contributed by atoms with Crippen LogP contribution in [0.5, 0.6) is 0 Å². The van der Waals surface area contributed by atoms with E-state index < -0.39 is 6.03 Å². The van der Waals surface area contributed by atoms with Gasteiger partial charge in [0.25, 0.3) is 0 Å². The Kier molecular flexibility index (Phi) is 6.98. The molecule has 1 unspecified atom stereocenters. The summed E-state index contributed by atoms with van der Waals surface area (Å²) in [4.78, 5) is 26.1. The number of carbonyl (C=O) groups is 2. The van der Waals surface area contributed by atoms with Gasteiger partial charge in [-0.25, -0.2) is 4.79 Å². The van der Waals surface area contributed by atoms with Gasteiger partial charge in [0.15, 0.2) is 0 Å². The van der Waals surface area contributed by atoms with Gasteiger partial charge in [0, 0.05) is 24.1 Å². The Hall–Kier alpha value is -2.22. The van der Waals surface area contributed by atoms with Crippen molar-refractivity contribution in [2.75, 3.05) is 26.2 Å². The molecule has 1 fully saturated rings. The summed E-state index contributed by atoms with van der Waals surface area (Å²) < 4.78 is 6.82. The smallest absolute Gasteiger partial charge is 0.321 e. The van der Waals surface area contributed by atoms with Gasteiger partial charge in [0.2, 0.25) is 5.91 Å². The normalized spacial score (nSPS) is 17.3. The summed E-state index contributed by atoms with van der Waals surface area (Å²) in [5.41, 5.74) is 2.04. The Morgan fingerprint density at radius 1 is 1.15 bits per heavy atom. The van der Waals surface area contributed by atoms with Crippen LogP contribution in [0.1, 0.15) is 17.2 Å². The van der Waals surface area contributed by atoms with Crippen LogP contribution in [0.4, 0.5) is 4.79 Å². The molecule has 2 N–H and O–H groups in total. The predicted octanol–water partition coefficient (Wildman–Crippen LogP) is 2.85. The molecule has 2 aromatic carbocycles. The molecule has 1 saturated heterocycles. The Labute approximate surface area is 167 Å². The summed E-state index contributed by atoms with van der Waals surface area (Å²) in [6.45, 7) is 2.35. The molecule has 0 bridgehead atoms. The van der Waals surface area contributed by atoms with E-state index in [1.165, 1.54) is 0 Å². The summed E-state index contributed by atoms with van der Waals surface area (Å²) in [5.74, 6) is -0.324. The summed E-state index contributed by atoms with van der Waals surface area (Å²) in [5, 5.41) is 5.07. The Bertz CT molecular complexity index is 785. The van der Waals surface area contributed by atoms with Crippen molar-refractivity contribution in [1.29, 1.82) is 0 Å². The van der Waals surface area contributed by atoms with E-state index in [-0.39, 0.29) is 18.6 Å². The van der Waals surface area contributed by atoms with Crippen LogP contribution in [-0.4, -0.2) is 43.1 Å². The van der Waals surface area contributed by atoms with Gasteiger partial charge in [-0.2, -0.15) is 0 Å². The van der Waals surface area contributed by atoms with E-state index in [2.05, 4.69) is 26.6 Å². The Morgan fingerprint density at radius 3 is 2.74 bits per heavy atom. The number of benzene rings is 2. The van der Waals surface area contributed by atoms with Gasteiger partial charge >= 0.3 is 6.03 Å². The molecule has 0 aromatic heterocycles. The van der Waals surface area contributed by atoms with Crippen LogP contribution in [0, 0.1) is 0 Å². The first-order valence-corrected chi connectivity index (χ1v) is 9.60. The lowest BCUT2D eigenvalue weighted by Crippen LogP contribution is -2.47. The number of urea groups is 1. The zero-order chi connectivity index (χ0) is 19.1. The summed E-state index contributed by atoms with van der Waals surface area (Å²) in [7, 11) is 0. The number of imide groups is 1. The van der Waals surface area contributed by atoms with E-state index >= 15 is 0 Å². The summed E-state index contributed by atoms with van der Waals surface area (Å²) >= 11 is 3.47. The topological polar surface area (TPSA) is 70.7 Å². The fraction of sp³-hybridized carbons (Fsp3) is 0.300. The molecule has 1 aliphatic heterocycles. The molecule has 1 aliphatic rings. The van der Waals surface area contributed by atoms with Gasteiger partial charge in [-0.05, 0) is 23.3 Å². The van der Waals surface area contributed by atoms with Gasteiger partial charge in [-0.15, -0.1) is 0 Å². The molecule has 6 nitrogen and oxygen atoms in total. The Balaban J connectivity index is 1.45. The Morgan fingerprint density at radius 2 is 1.96 bits per heavy atom. The molecule has 1 atom stereocenters. The molecular weight excluding hydrogens is 410 g/mol. The number of nitrogens with zero attached hydrogens (tertiary/aromatic N) is 1. The van der Waals surface area contributed by atoms with E-state index in [9.17, 15) is 9.59 Å². The lowest BCUT2D eigenvalue weighted by atomic mass is 10.1. The maximum absolute atomic E-state index is 12.2. The second-order valence-corrected chi connectivity index (χ2v) is 7.28. The fourth-order valence-electron chi connectivity index (χ4n) is 2.95. The first-order valence-electron chi connectivity index (χ1n) is 8.81. The fourth-order valence-corrected chi connectivity index (χ4v) is 3.36. The monoisotopic (exact) mass is 431 g/mol. The number of ether oxygens (including phenoxy) is 1. The SMILES string of the molecule is O=C(CN1CCOC(c2cccc(Br)c2)C1)NC(=O)NCc1ccccc1. The summed E-state index contributed by atoms with van der Waals surface area (Å²) in [6, 6.07) is 17.0. The lowest BCUT2D eigenvalue weighted by molar-refractivity contribution is -0.123. The minimum absolute atomic E-state index is 0.0871. The predicted molar refractivity (Wildman–Crippen MR) is 106 cm³/mol. The lowest BCUT2D eigenvalue weighted by Gasteiger charge is -2.32. The highest BCUT2D eigenvalue weighted by atomic mass is 79.9. The van der Waals surface area contributed by atoms with Crippen LogP contribution < -0.4 is 10.6 Å². The molecule has 0 spiro atoms. The van der Waals surface area contributed by atoms with Gasteiger partial charge in [0.1, 0.15) is 0 Å². The molecule has 0 aliphatic carbocycles. The van der Waals surface area contributed by atoms with Crippen LogP contribution in [0.2, 0.25) is 0 Å². The number of rotatable bonds is 5. The van der Waals surface area contributed by atoms with Crippen molar-refractivity contribution < 1.29 is 14.3 Å². The molecule has 7 heteroatoms. The van der Waals surface area contributed by atoms with Gasteiger partial charge in [-0.3, -0.25) is 15.0 Å². The van der Waals surface area contributed by atoms with E-state index in [0.717, 1.165) is 15.6 Å². The zero-order valence-electron chi connectivity index (χ0n) is 14.9. The van der Waals surface area contributed by atoms with Gasteiger partial charge in [-0.1, -0.05) is 58.4 Å². The number of nitrogens with one attached hydrogen (secondary N) is 2. The number of amides is 3. The molecule has 0 radical (unpaired) electrons. The van der Waals surface area contributed by atoms with Crippen molar-refractivity contribution in [3.8, 4) is 0 Å². The average molecular weight is 432 g/mol. The van der Waals surface area contributed by atoms with Gasteiger partial charge < -0.3 is 10.1 Å². The number of carbonyl (C=O) groups excluding carboxylic acids is 2. The van der Waals surface area contributed by atoms with Gasteiger partial charge in [0.05, 0.1) is 19.3 Å². The van der Waals surface area contributed by atoms with Crippen LogP contribution in [0.15, 0.2) is 59.1 Å². The van der Waals surface area contributed by atoms with Crippen molar-refractivity contribution in [3.63, 3.8) is 0 Å². The largest absolute Gasteiger partial charge is 0.371 e. The standard InChI is InChI=1S/C20H22BrN3O3/c21-17-8-4-7-16(11-17)18-13-24(9-10-27-18)14-19(25)23-20(26)22-12-15-5-2-1-3-6-15/h1-8,11,18H,9-10,12-14H2,(H2,22,23,25,26). The van der Waals surface area contributed by atoms with Crippen molar-refractivity contribution >= 4 is 27.9 Å². The van der Waals surface area contributed by atoms with Crippen LogP contribution in [0.3, 0.4) is 0 Å². The highest BCUT2D eigenvalue weighted by Gasteiger charge is 2.24. The third-order valence-corrected chi connectivity index (χ3v) is 4.78. The van der Waals surface area contributed by atoms with Crippen LogP contribution in [0.25, 0.3) is 0 Å². The highest BCUT2D eigenvalue weighted by molar-refractivity contribution is 9.10. The number of hydrogen-bond acceptors (Lipinski definition) is 4. The van der Waals surface area contributed by atoms with Crippen molar-refractivity contribution in [3.05, 3.63) is 70.2 Å². The minimum atomic E-state index is -0.486. The van der Waals surface area contributed by atoms with Crippen molar-refractivity contribution in [2.24, 2.45) is 0 Å². The average Bonchev–Trinajstić information content (AvgIpc) is 2.67. The van der Waals surface area contributed by atoms with E-state index in [4.69, 9.17) is 4.74 Å². The number of hydrogen-bond donors (Lipinski definition) is 2. The van der Waals surface area contributed by atoms with Crippen LogP contribution in [-0.2, 0) is 16.1 Å². The number of morpholine rings is 1. The number of halogens is 1. The molecule has 27 heavy (non-hydrogen) atoms. The van der Waals surface area contributed by atoms with E-state index in [1.807, 2.05) is 59.5 Å². The van der Waals surface area contributed by atoms with E-state index in [1.54, 1.807) is 0 Å². The van der Waals surface area contributed by atoms with E-state index in [0.29, 0.717) is 26.2 Å². The summed E-state index contributed by atoms with van der Waals surface area (Å²) in [6.07, 6.45) is -0.0871. The maximum atomic E-state index is 12.2. The minimum Gasteiger partial charge on any atom is -0.371 e. The second kappa shape index (κ2) is 9.64. The highest BCUT2D eigenvalue weighted by Crippen LogP contribution is 2.24. The molecule has 3 rings (SSSR count). The first kappa shape index (κ1) is 19.5. The zero-order valence-corrected chi connectivity index (χ0v) is 16.4. The molecule has 3 amide bonds. The van der Waals surface area contributed by atoms with Crippen molar-refractivity contribution in [1.82, 2.24) is 15.5 Å². The molecule has 142 valence electrons. The molecule has 2 aromatic rings. The molecule has 0 saturated carbocycles. The first-order chi connectivity index (χ1) is 13.1. The van der Waals surface area contributed by atoms with Crippen LogP contribution >= 0.6 is 15.9 Å². The third-order valence-electron chi connectivity index (χ3n) is 4.29. The quantitative estimate of drug-likeness (QED) is 0.763. The second-order valence-electron chi connectivity index (χ2n) is 6.37.